The third-order valence-electron chi connectivity index (χ3n) is 6.74. The first kappa shape index (κ1) is 26.1. The Morgan fingerprint density at radius 3 is 2.36 bits per heavy atom. The number of hydrogen-bond donors (Lipinski definition) is 1. The highest BCUT2D eigenvalue weighted by molar-refractivity contribution is 6.01. The van der Waals surface area contributed by atoms with E-state index in [0.717, 1.165) is 29.9 Å². The molecule has 5 rings (SSSR count). The predicted molar refractivity (Wildman–Crippen MR) is 143 cm³/mol. The Kier molecular flexibility index (Phi) is 7.40. The third kappa shape index (κ3) is 5.25. The lowest BCUT2D eigenvalue weighted by molar-refractivity contribution is -0.119. The number of halogens is 3. The van der Waals surface area contributed by atoms with Gasteiger partial charge in [-0.25, -0.2) is 18.0 Å². The van der Waals surface area contributed by atoms with Crippen molar-refractivity contribution in [3.63, 3.8) is 0 Å². The monoisotopic (exact) mass is 532 g/mol. The number of unbranched alkanes of at least 4 members (excludes halogenated alkanes) is 1. The van der Waals surface area contributed by atoms with Gasteiger partial charge in [-0.2, -0.15) is 0 Å². The molecule has 1 N–H and O–H groups in total. The zero-order chi connectivity index (χ0) is 27.5. The summed E-state index contributed by atoms with van der Waals surface area (Å²) in [5.41, 5.74) is 3.07. The number of aromatic nitrogens is 1. The summed E-state index contributed by atoms with van der Waals surface area (Å²) in [6, 6.07) is 19.2. The quantitative estimate of drug-likeness (QED) is 0.289. The van der Waals surface area contributed by atoms with Crippen LogP contribution >= 0.6 is 0 Å². The summed E-state index contributed by atoms with van der Waals surface area (Å²) in [5, 5.41) is 2.57. The van der Waals surface area contributed by atoms with Crippen molar-refractivity contribution in [2.24, 2.45) is 0 Å². The summed E-state index contributed by atoms with van der Waals surface area (Å²) in [5.74, 6) is -2.84. The fourth-order valence-electron chi connectivity index (χ4n) is 4.84. The van der Waals surface area contributed by atoms with Crippen LogP contribution in [0.15, 0.2) is 85.1 Å². The van der Waals surface area contributed by atoms with Gasteiger partial charge in [0.2, 0.25) is 5.91 Å². The molecule has 0 aliphatic carbocycles. The van der Waals surface area contributed by atoms with Gasteiger partial charge in [-0.05, 0) is 60.5 Å². The maximum absolute atomic E-state index is 14.1. The molecule has 0 radical (unpaired) electrons. The van der Waals surface area contributed by atoms with Crippen molar-refractivity contribution in [3.8, 4) is 5.69 Å². The fourth-order valence-corrected chi connectivity index (χ4v) is 4.84. The van der Waals surface area contributed by atoms with Gasteiger partial charge in [-0.1, -0.05) is 37.6 Å². The molecule has 9 heteroatoms. The van der Waals surface area contributed by atoms with Gasteiger partial charge in [0.25, 0.3) is 0 Å². The molecule has 3 amide bonds. The number of benzene rings is 3. The molecule has 2 heterocycles. The molecule has 0 bridgehead atoms. The molecule has 1 aliphatic rings. The first-order valence-corrected chi connectivity index (χ1v) is 12.7. The molecule has 0 fully saturated rings. The van der Waals surface area contributed by atoms with Crippen molar-refractivity contribution in [2.75, 3.05) is 23.3 Å². The highest BCUT2D eigenvalue weighted by Crippen LogP contribution is 2.42. The van der Waals surface area contributed by atoms with Gasteiger partial charge in [-0.15, -0.1) is 0 Å². The SMILES string of the molecule is CCCCN(CC(=O)N1c2ccccc2-n2cccc2C1c1ccc(F)cc1)C(=O)Nc1ccc(F)c(F)c1. The predicted octanol–water partition coefficient (Wildman–Crippen LogP) is 6.66. The van der Waals surface area contributed by atoms with E-state index >= 15 is 0 Å². The van der Waals surface area contributed by atoms with Crippen molar-refractivity contribution in [3.05, 3.63) is 114 Å². The number of nitrogens with one attached hydrogen (secondary N) is 1. The zero-order valence-electron chi connectivity index (χ0n) is 21.3. The molecule has 0 saturated carbocycles. The van der Waals surface area contributed by atoms with Crippen LogP contribution in [-0.4, -0.2) is 34.5 Å². The van der Waals surface area contributed by atoms with E-state index in [-0.39, 0.29) is 30.5 Å². The van der Waals surface area contributed by atoms with Crippen LogP contribution < -0.4 is 10.2 Å². The number of carbonyl (C=O) groups excluding carboxylic acids is 2. The molecule has 39 heavy (non-hydrogen) atoms. The average molecular weight is 533 g/mol. The minimum atomic E-state index is -1.08. The Morgan fingerprint density at radius 2 is 1.64 bits per heavy atom. The van der Waals surface area contributed by atoms with E-state index in [1.807, 2.05) is 54.1 Å². The molecule has 200 valence electrons. The Hall–Kier alpha value is -4.53. The maximum Gasteiger partial charge on any atom is 0.322 e. The summed E-state index contributed by atoms with van der Waals surface area (Å²) in [7, 11) is 0. The van der Waals surface area contributed by atoms with Gasteiger partial charge in [0, 0.05) is 24.5 Å². The molecule has 0 spiro atoms. The largest absolute Gasteiger partial charge is 0.322 e. The number of anilines is 2. The standard InChI is InChI=1S/C30H27F3N4O2/c1-2-3-16-35(30(39)34-22-14-15-23(32)24(33)18-22)19-28(38)37-26-8-5-4-7-25(26)36-17-6-9-27(36)29(37)20-10-12-21(31)13-11-20/h4-15,17-18,29H,2-3,16,19H2,1H3,(H,34,39). The van der Waals surface area contributed by atoms with Gasteiger partial charge < -0.3 is 14.8 Å². The summed E-state index contributed by atoms with van der Waals surface area (Å²) < 4.78 is 42.9. The number of amides is 3. The Morgan fingerprint density at radius 1 is 0.897 bits per heavy atom. The number of para-hydroxylation sites is 2. The highest BCUT2D eigenvalue weighted by atomic mass is 19.2. The van der Waals surface area contributed by atoms with Gasteiger partial charge in [0.1, 0.15) is 18.4 Å². The topological polar surface area (TPSA) is 57.6 Å². The van der Waals surface area contributed by atoms with Crippen molar-refractivity contribution in [2.45, 2.75) is 25.8 Å². The van der Waals surface area contributed by atoms with E-state index in [2.05, 4.69) is 5.32 Å². The summed E-state index contributed by atoms with van der Waals surface area (Å²) in [6.07, 6.45) is 3.33. The molecule has 1 aromatic heterocycles. The number of urea groups is 1. The van der Waals surface area contributed by atoms with Crippen LogP contribution in [0.1, 0.15) is 37.1 Å². The highest BCUT2D eigenvalue weighted by Gasteiger charge is 2.37. The Labute approximate surface area is 224 Å². The van der Waals surface area contributed by atoms with Crippen LogP contribution in [0.4, 0.5) is 29.3 Å². The van der Waals surface area contributed by atoms with Crippen molar-refractivity contribution < 1.29 is 22.8 Å². The second-order valence-electron chi connectivity index (χ2n) is 9.34. The van der Waals surface area contributed by atoms with E-state index in [9.17, 15) is 22.8 Å². The number of carbonyl (C=O) groups is 2. The normalized spacial score (nSPS) is 13.9. The Bertz CT molecular complexity index is 1500. The van der Waals surface area contributed by atoms with E-state index in [1.165, 1.54) is 23.1 Å². The van der Waals surface area contributed by atoms with Crippen LogP contribution in [0.25, 0.3) is 5.69 Å². The van der Waals surface area contributed by atoms with E-state index in [4.69, 9.17) is 0 Å². The van der Waals surface area contributed by atoms with Gasteiger partial charge in [0.15, 0.2) is 11.6 Å². The molecular formula is C30H27F3N4O2. The van der Waals surface area contributed by atoms with Gasteiger partial charge in [-0.3, -0.25) is 9.69 Å². The van der Waals surface area contributed by atoms with Crippen LogP contribution in [0.5, 0.6) is 0 Å². The molecule has 4 aromatic rings. The number of rotatable bonds is 7. The van der Waals surface area contributed by atoms with Crippen LogP contribution in [0, 0.1) is 17.5 Å². The van der Waals surface area contributed by atoms with E-state index in [1.54, 1.807) is 17.0 Å². The molecular weight excluding hydrogens is 505 g/mol. The van der Waals surface area contributed by atoms with Crippen molar-refractivity contribution in [1.29, 1.82) is 0 Å². The smallest absolute Gasteiger partial charge is 0.316 e. The van der Waals surface area contributed by atoms with E-state index < -0.39 is 23.7 Å². The molecule has 6 nitrogen and oxygen atoms in total. The first-order valence-electron chi connectivity index (χ1n) is 12.7. The lowest BCUT2D eigenvalue weighted by atomic mass is 9.97. The Balaban J connectivity index is 1.49. The van der Waals surface area contributed by atoms with Crippen LogP contribution in [-0.2, 0) is 4.79 Å². The lowest BCUT2D eigenvalue weighted by Crippen LogP contribution is -2.48. The minimum Gasteiger partial charge on any atom is -0.316 e. The average Bonchev–Trinajstić information content (AvgIpc) is 3.43. The summed E-state index contributed by atoms with van der Waals surface area (Å²) in [4.78, 5) is 30.3. The summed E-state index contributed by atoms with van der Waals surface area (Å²) >= 11 is 0. The molecule has 1 unspecified atom stereocenters. The molecule has 3 aromatic carbocycles. The summed E-state index contributed by atoms with van der Waals surface area (Å²) in [6.45, 7) is 1.99. The first-order chi connectivity index (χ1) is 18.9. The number of hydrogen-bond acceptors (Lipinski definition) is 2. The zero-order valence-corrected chi connectivity index (χ0v) is 21.3. The van der Waals surface area contributed by atoms with Crippen LogP contribution in [0.3, 0.4) is 0 Å². The molecule has 1 atom stereocenters. The van der Waals surface area contributed by atoms with E-state index in [0.29, 0.717) is 17.7 Å². The maximum atomic E-state index is 14.1. The minimum absolute atomic E-state index is 0.0816. The molecule has 1 aliphatic heterocycles. The molecule has 0 saturated heterocycles. The second kappa shape index (κ2) is 11.1. The van der Waals surface area contributed by atoms with Gasteiger partial charge in [0.05, 0.1) is 17.1 Å². The number of nitrogens with zero attached hydrogens (tertiary/aromatic N) is 3. The van der Waals surface area contributed by atoms with Crippen molar-refractivity contribution >= 4 is 23.3 Å². The fraction of sp³-hybridized carbons (Fsp3) is 0.200. The van der Waals surface area contributed by atoms with Crippen LogP contribution in [0.2, 0.25) is 0 Å². The third-order valence-corrected chi connectivity index (χ3v) is 6.74. The van der Waals surface area contributed by atoms with Crippen molar-refractivity contribution in [1.82, 2.24) is 9.47 Å². The lowest BCUT2D eigenvalue weighted by Gasteiger charge is -2.39. The number of fused-ring (bicyclic) bond motifs is 3. The second-order valence-corrected chi connectivity index (χ2v) is 9.34. The van der Waals surface area contributed by atoms with Gasteiger partial charge >= 0.3 is 6.03 Å².